The summed E-state index contributed by atoms with van der Waals surface area (Å²) in [6, 6.07) is 19.8. The summed E-state index contributed by atoms with van der Waals surface area (Å²) in [7, 11) is 0. The molecule has 3 aliphatic heterocycles. The number of imide groups is 1. The van der Waals surface area contributed by atoms with E-state index in [0.717, 1.165) is 16.0 Å². The molecule has 0 N–H and O–H groups in total. The van der Waals surface area contributed by atoms with Gasteiger partial charge in [0.15, 0.2) is 12.1 Å². The van der Waals surface area contributed by atoms with E-state index in [1.165, 1.54) is 22.2 Å². The maximum Gasteiger partial charge on any atom is 0.269 e. The number of nitro groups is 1. The Morgan fingerprint density at radius 1 is 0.975 bits per heavy atom. The Kier molecular flexibility index (Phi) is 6.14. The number of fused-ring (bicyclic) bond motifs is 1. The van der Waals surface area contributed by atoms with Crippen molar-refractivity contribution in [3.05, 3.63) is 106 Å². The molecule has 200 valence electrons. The fourth-order valence-corrected chi connectivity index (χ4v) is 5.14. The number of nitro benzene ring substituents is 1. The van der Waals surface area contributed by atoms with Crippen molar-refractivity contribution in [2.24, 2.45) is 15.4 Å². The molecule has 3 amide bonds. The van der Waals surface area contributed by atoms with Gasteiger partial charge in [-0.05, 0) is 30.2 Å². The molecule has 1 fully saturated rings. The number of hydrogen-bond acceptors (Lipinski definition) is 9. The highest BCUT2D eigenvalue weighted by Gasteiger charge is 2.55. The lowest BCUT2D eigenvalue weighted by Crippen LogP contribution is -2.44. The normalized spacial score (nSPS) is 21.7. The standard InChI is InChI=1S/C28H23N7O5/c1-17-7-11-20(12-8-17)33-27(37)25-26(28(33)38)32(31-29-25)16-24(36)34-23(19-9-13-21(14-10-19)35(39)40)15-22(30-34)18-5-3-2-4-6-18/h2-14,23,25-26H,15-16H2,1H3/t23-,25+,26-/m0/s1. The molecule has 0 unspecified atom stereocenters. The van der Waals surface area contributed by atoms with E-state index in [4.69, 9.17) is 0 Å². The molecule has 6 rings (SSSR count). The van der Waals surface area contributed by atoms with E-state index in [-0.39, 0.29) is 12.2 Å². The third-order valence-corrected chi connectivity index (χ3v) is 7.21. The molecular formula is C28H23N7O5. The summed E-state index contributed by atoms with van der Waals surface area (Å²) in [5.41, 5.74) is 3.55. The Morgan fingerprint density at radius 2 is 1.68 bits per heavy atom. The molecule has 0 bridgehead atoms. The van der Waals surface area contributed by atoms with Crippen LogP contribution in [-0.2, 0) is 14.4 Å². The molecule has 3 atom stereocenters. The van der Waals surface area contributed by atoms with E-state index in [1.54, 1.807) is 36.4 Å². The summed E-state index contributed by atoms with van der Waals surface area (Å²) in [6.07, 6.45) is 0.389. The number of carbonyl (C=O) groups excluding carboxylic acids is 3. The number of non-ortho nitro benzene ring substituents is 1. The van der Waals surface area contributed by atoms with Crippen LogP contribution in [-0.4, -0.2) is 57.0 Å². The summed E-state index contributed by atoms with van der Waals surface area (Å²) in [5, 5.41) is 26.3. The average molecular weight is 538 g/mol. The molecule has 3 aromatic rings. The molecular weight excluding hydrogens is 514 g/mol. The van der Waals surface area contributed by atoms with Gasteiger partial charge < -0.3 is 0 Å². The first-order valence-electron chi connectivity index (χ1n) is 12.6. The molecule has 0 radical (unpaired) electrons. The van der Waals surface area contributed by atoms with Crippen molar-refractivity contribution < 1.29 is 19.3 Å². The predicted molar refractivity (Wildman–Crippen MR) is 143 cm³/mol. The van der Waals surface area contributed by atoms with Crippen LogP contribution in [0.25, 0.3) is 0 Å². The van der Waals surface area contributed by atoms with Crippen molar-refractivity contribution in [2.45, 2.75) is 31.5 Å². The Balaban J connectivity index is 1.26. The van der Waals surface area contributed by atoms with Crippen LogP contribution < -0.4 is 4.90 Å². The van der Waals surface area contributed by atoms with Crippen LogP contribution in [0, 0.1) is 17.0 Å². The van der Waals surface area contributed by atoms with E-state index in [9.17, 15) is 24.5 Å². The second-order valence-corrected chi connectivity index (χ2v) is 9.76. The van der Waals surface area contributed by atoms with Gasteiger partial charge in [0.25, 0.3) is 23.4 Å². The molecule has 0 spiro atoms. The molecule has 0 aromatic heterocycles. The Morgan fingerprint density at radius 3 is 2.35 bits per heavy atom. The number of aryl methyl sites for hydroxylation is 1. The largest absolute Gasteiger partial charge is 0.271 e. The molecule has 12 heteroatoms. The molecule has 3 aromatic carbocycles. The van der Waals surface area contributed by atoms with Crippen LogP contribution in [0.3, 0.4) is 0 Å². The van der Waals surface area contributed by atoms with Gasteiger partial charge >= 0.3 is 0 Å². The summed E-state index contributed by atoms with van der Waals surface area (Å²) in [6.45, 7) is 1.57. The van der Waals surface area contributed by atoms with Crippen LogP contribution in [0.2, 0.25) is 0 Å². The first-order valence-corrected chi connectivity index (χ1v) is 12.6. The van der Waals surface area contributed by atoms with Crippen molar-refractivity contribution in [3.8, 4) is 0 Å². The number of hydrogen-bond donors (Lipinski definition) is 0. The van der Waals surface area contributed by atoms with Gasteiger partial charge in [0.1, 0.15) is 6.54 Å². The summed E-state index contributed by atoms with van der Waals surface area (Å²) in [5.74, 6) is -1.45. The minimum Gasteiger partial charge on any atom is -0.271 e. The van der Waals surface area contributed by atoms with E-state index in [1.807, 2.05) is 37.3 Å². The Labute approximate surface area is 228 Å². The zero-order valence-corrected chi connectivity index (χ0v) is 21.3. The maximum atomic E-state index is 13.7. The third kappa shape index (κ3) is 4.28. The number of rotatable bonds is 6. The van der Waals surface area contributed by atoms with Gasteiger partial charge in [0, 0.05) is 18.6 Å². The molecule has 0 saturated carbocycles. The Bertz CT molecular complexity index is 1570. The van der Waals surface area contributed by atoms with Gasteiger partial charge in [-0.2, -0.15) is 10.2 Å². The number of amides is 3. The first kappa shape index (κ1) is 25.0. The zero-order valence-electron chi connectivity index (χ0n) is 21.3. The number of carbonyl (C=O) groups is 3. The smallest absolute Gasteiger partial charge is 0.269 e. The maximum absolute atomic E-state index is 13.7. The SMILES string of the molecule is Cc1ccc(N2C(=O)[C@@H]3[C@@H](N=NN3CC(=O)N3N=C(c4ccccc4)C[C@H]3c3ccc([N+](=O)[O-])cc3)C2=O)cc1. The van der Waals surface area contributed by atoms with Crippen LogP contribution in [0.4, 0.5) is 11.4 Å². The predicted octanol–water partition coefficient (Wildman–Crippen LogP) is 3.57. The fourth-order valence-electron chi connectivity index (χ4n) is 5.14. The Hall–Kier alpha value is -5.26. The van der Waals surface area contributed by atoms with Crippen molar-refractivity contribution in [1.29, 1.82) is 0 Å². The van der Waals surface area contributed by atoms with Gasteiger partial charge in [-0.1, -0.05) is 65.4 Å². The van der Waals surface area contributed by atoms with Crippen LogP contribution in [0.5, 0.6) is 0 Å². The van der Waals surface area contributed by atoms with Crippen molar-refractivity contribution in [2.75, 3.05) is 11.4 Å². The quantitative estimate of drug-likeness (QED) is 0.267. The van der Waals surface area contributed by atoms with Crippen LogP contribution in [0.1, 0.15) is 29.2 Å². The van der Waals surface area contributed by atoms with Gasteiger partial charge in [0.05, 0.1) is 22.4 Å². The lowest BCUT2D eigenvalue weighted by atomic mass is 9.98. The highest BCUT2D eigenvalue weighted by Crippen LogP contribution is 2.35. The zero-order chi connectivity index (χ0) is 28.0. The van der Waals surface area contributed by atoms with Crippen LogP contribution >= 0.6 is 0 Å². The highest BCUT2D eigenvalue weighted by atomic mass is 16.6. The number of nitrogens with zero attached hydrogens (tertiary/aromatic N) is 7. The summed E-state index contributed by atoms with van der Waals surface area (Å²) >= 11 is 0. The van der Waals surface area contributed by atoms with E-state index in [2.05, 4.69) is 15.4 Å². The van der Waals surface area contributed by atoms with Gasteiger partial charge in [0.2, 0.25) is 0 Å². The second kappa shape index (κ2) is 9.80. The molecule has 0 aliphatic carbocycles. The highest BCUT2D eigenvalue weighted by molar-refractivity contribution is 6.25. The van der Waals surface area contributed by atoms with E-state index >= 15 is 0 Å². The monoisotopic (exact) mass is 537 g/mol. The molecule has 1 saturated heterocycles. The van der Waals surface area contributed by atoms with Crippen molar-refractivity contribution in [3.63, 3.8) is 0 Å². The second-order valence-electron chi connectivity index (χ2n) is 9.76. The third-order valence-electron chi connectivity index (χ3n) is 7.21. The van der Waals surface area contributed by atoms with E-state index < -0.39 is 40.8 Å². The minimum absolute atomic E-state index is 0.0603. The minimum atomic E-state index is -1.03. The van der Waals surface area contributed by atoms with Crippen molar-refractivity contribution in [1.82, 2.24) is 10.0 Å². The lowest BCUT2D eigenvalue weighted by Gasteiger charge is -2.25. The molecule has 12 nitrogen and oxygen atoms in total. The fraction of sp³-hybridized carbons (Fsp3) is 0.214. The topological polar surface area (TPSA) is 141 Å². The average Bonchev–Trinajstić information content (AvgIpc) is 3.65. The van der Waals surface area contributed by atoms with Gasteiger partial charge in [-0.15, -0.1) is 0 Å². The molecule has 3 aliphatic rings. The summed E-state index contributed by atoms with van der Waals surface area (Å²) < 4.78 is 0. The van der Waals surface area contributed by atoms with Gasteiger partial charge in [-0.25, -0.2) is 9.91 Å². The molecule has 3 heterocycles. The first-order chi connectivity index (χ1) is 19.3. The molecule has 40 heavy (non-hydrogen) atoms. The summed E-state index contributed by atoms with van der Waals surface area (Å²) in [4.78, 5) is 51.8. The number of anilines is 1. The van der Waals surface area contributed by atoms with Gasteiger partial charge in [-0.3, -0.25) is 29.5 Å². The van der Waals surface area contributed by atoms with Crippen LogP contribution in [0.15, 0.2) is 94.3 Å². The number of hydrazone groups is 1. The number of benzene rings is 3. The van der Waals surface area contributed by atoms with E-state index in [0.29, 0.717) is 23.4 Å². The van der Waals surface area contributed by atoms with Crippen molar-refractivity contribution >= 4 is 34.8 Å². The lowest BCUT2D eigenvalue weighted by molar-refractivity contribution is -0.384.